The van der Waals surface area contributed by atoms with Crippen LogP contribution in [-0.2, 0) is 10.0 Å². The number of sulfonamides is 1. The topological polar surface area (TPSA) is 72.2 Å². The predicted molar refractivity (Wildman–Crippen MR) is 69.4 cm³/mol. The molecule has 17 heavy (non-hydrogen) atoms. The Bertz CT molecular complexity index is 454. The molecule has 0 spiro atoms. The first-order chi connectivity index (χ1) is 7.86. The Labute approximate surface area is 103 Å². The van der Waals surface area contributed by atoms with Gasteiger partial charge in [-0.2, -0.15) is 0 Å². The summed E-state index contributed by atoms with van der Waals surface area (Å²) in [6.45, 7) is 7.20. The summed E-state index contributed by atoms with van der Waals surface area (Å²) in [5, 5.41) is 8.40. The maximum Gasteiger partial charge on any atom is 0.238 e. The van der Waals surface area contributed by atoms with Crippen molar-refractivity contribution < 1.29 is 8.42 Å². The monoisotopic (exact) mass is 256 g/mol. The highest BCUT2D eigenvalue weighted by Crippen LogP contribution is 2.20. The maximum absolute atomic E-state index is 11.1. The third-order valence-electron chi connectivity index (χ3n) is 3.01. The summed E-state index contributed by atoms with van der Waals surface area (Å²) in [5.74, 6) is 0.324. The zero-order valence-electron chi connectivity index (χ0n) is 10.5. The van der Waals surface area contributed by atoms with Gasteiger partial charge in [0.25, 0.3) is 0 Å². The second-order valence-electron chi connectivity index (χ2n) is 4.25. The molecule has 3 N–H and O–H groups in total. The van der Waals surface area contributed by atoms with Crippen molar-refractivity contribution in [2.24, 2.45) is 5.14 Å². The standard InChI is InChI=1S/C12H20N2O2S/c1-4-14-10(3)9(2)11-5-7-12(8-6-11)17(13,15)16/h5-10,14H,4H2,1-3H3,(H2,13,15,16). The fraction of sp³-hybridized carbons (Fsp3) is 0.500. The molecule has 0 aliphatic carbocycles. The van der Waals surface area contributed by atoms with Crippen molar-refractivity contribution in [2.45, 2.75) is 37.6 Å². The van der Waals surface area contributed by atoms with Gasteiger partial charge in [-0.15, -0.1) is 0 Å². The van der Waals surface area contributed by atoms with Gasteiger partial charge >= 0.3 is 0 Å². The Kier molecular flexibility index (Phi) is 4.68. The number of hydrogen-bond donors (Lipinski definition) is 2. The largest absolute Gasteiger partial charge is 0.314 e. The Morgan fingerprint density at radius 2 is 1.76 bits per heavy atom. The highest BCUT2D eigenvalue weighted by molar-refractivity contribution is 7.89. The molecule has 1 rings (SSSR count). The summed E-state index contributed by atoms with van der Waals surface area (Å²) in [6.07, 6.45) is 0. The Balaban J connectivity index is 2.88. The summed E-state index contributed by atoms with van der Waals surface area (Å²) in [5.41, 5.74) is 1.10. The van der Waals surface area contributed by atoms with E-state index >= 15 is 0 Å². The van der Waals surface area contributed by atoms with E-state index in [2.05, 4.69) is 26.1 Å². The molecular weight excluding hydrogens is 236 g/mol. The summed E-state index contributed by atoms with van der Waals surface area (Å²) < 4.78 is 22.2. The first-order valence-corrected chi connectivity index (χ1v) is 7.27. The molecule has 0 fully saturated rings. The summed E-state index contributed by atoms with van der Waals surface area (Å²) in [6, 6.07) is 7.09. The number of nitrogens with one attached hydrogen (secondary N) is 1. The summed E-state index contributed by atoms with van der Waals surface area (Å²) >= 11 is 0. The van der Waals surface area contributed by atoms with Gasteiger partial charge in [0, 0.05) is 6.04 Å². The highest BCUT2D eigenvalue weighted by atomic mass is 32.2. The number of likely N-dealkylation sites (N-methyl/N-ethyl adjacent to an activating group) is 1. The van der Waals surface area contributed by atoms with Crippen LogP contribution >= 0.6 is 0 Å². The molecule has 0 bridgehead atoms. The Morgan fingerprint density at radius 3 is 2.18 bits per heavy atom. The Hall–Kier alpha value is -0.910. The van der Waals surface area contributed by atoms with Gasteiger partial charge in [0.05, 0.1) is 4.90 Å². The minimum absolute atomic E-state index is 0.157. The fourth-order valence-corrected chi connectivity index (χ4v) is 2.26. The van der Waals surface area contributed by atoms with E-state index in [0.29, 0.717) is 12.0 Å². The minimum Gasteiger partial charge on any atom is -0.314 e. The zero-order chi connectivity index (χ0) is 13.1. The smallest absolute Gasteiger partial charge is 0.238 e. The van der Waals surface area contributed by atoms with Gasteiger partial charge in [-0.25, -0.2) is 13.6 Å². The molecule has 2 unspecified atom stereocenters. The van der Waals surface area contributed by atoms with Crippen LogP contribution in [0.5, 0.6) is 0 Å². The second-order valence-corrected chi connectivity index (χ2v) is 5.81. The van der Waals surface area contributed by atoms with E-state index in [9.17, 15) is 8.42 Å². The molecule has 0 aromatic heterocycles. The van der Waals surface area contributed by atoms with Crippen molar-refractivity contribution in [3.63, 3.8) is 0 Å². The number of benzene rings is 1. The molecule has 1 aromatic carbocycles. The lowest BCUT2D eigenvalue weighted by atomic mass is 9.94. The molecule has 2 atom stereocenters. The van der Waals surface area contributed by atoms with Gasteiger partial charge in [-0.3, -0.25) is 0 Å². The average molecular weight is 256 g/mol. The van der Waals surface area contributed by atoms with Gasteiger partial charge in [-0.05, 0) is 37.1 Å². The van der Waals surface area contributed by atoms with Crippen LogP contribution in [0.15, 0.2) is 29.2 Å². The molecule has 1 aromatic rings. The van der Waals surface area contributed by atoms with E-state index in [4.69, 9.17) is 5.14 Å². The number of primary sulfonamides is 1. The second kappa shape index (κ2) is 5.62. The number of rotatable bonds is 5. The van der Waals surface area contributed by atoms with E-state index in [1.54, 1.807) is 12.1 Å². The van der Waals surface area contributed by atoms with Gasteiger partial charge in [0.2, 0.25) is 10.0 Å². The third kappa shape index (κ3) is 3.80. The number of nitrogens with two attached hydrogens (primary N) is 1. The zero-order valence-corrected chi connectivity index (χ0v) is 11.3. The molecule has 0 saturated carbocycles. The summed E-state index contributed by atoms with van der Waals surface area (Å²) in [7, 11) is -3.59. The van der Waals surface area contributed by atoms with Crippen LogP contribution in [0.25, 0.3) is 0 Å². The first kappa shape index (κ1) is 14.2. The van der Waals surface area contributed by atoms with Crippen molar-refractivity contribution in [1.29, 1.82) is 0 Å². The average Bonchev–Trinajstić information content (AvgIpc) is 2.27. The predicted octanol–water partition coefficient (Wildman–Crippen LogP) is 1.44. The summed E-state index contributed by atoms with van der Waals surface area (Å²) in [4.78, 5) is 0.157. The molecule has 0 radical (unpaired) electrons. The molecule has 4 nitrogen and oxygen atoms in total. The molecule has 0 aliphatic rings. The van der Waals surface area contributed by atoms with Gasteiger partial charge in [0.15, 0.2) is 0 Å². The molecule has 0 aliphatic heterocycles. The fourth-order valence-electron chi connectivity index (χ4n) is 1.75. The van der Waals surface area contributed by atoms with Crippen LogP contribution in [0, 0.1) is 0 Å². The molecule has 0 heterocycles. The number of hydrogen-bond acceptors (Lipinski definition) is 3. The van der Waals surface area contributed by atoms with Crippen LogP contribution in [-0.4, -0.2) is 21.0 Å². The van der Waals surface area contributed by atoms with Gasteiger partial charge in [0.1, 0.15) is 0 Å². The molecular formula is C12H20N2O2S. The van der Waals surface area contributed by atoms with Crippen molar-refractivity contribution in [2.75, 3.05) is 6.54 Å². The maximum atomic E-state index is 11.1. The normalized spacial score (nSPS) is 15.5. The van der Waals surface area contributed by atoms with Crippen LogP contribution in [0.3, 0.4) is 0 Å². The molecule has 0 saturated heterocycles. The third-order valence-corrected chi connectivity index (χ3v) is 3.94. The van der Waals surface area contributed by atoms with E-state index < -0.39 is 10.0 Å². The molecule has 96 valence electrons. The quantitative estimate of drug-likeness (QED) is 0.837. The van der Waals surface area contributed by atoms with Crippen molar-refractivity contribution >= 4 is 10.0 Å². The van der Waals surface area contributed by atoms with Crippen LogP contribution in [0.4, 0.5) is 0 Å². The SMILES string of the molecule is CCNC(C)C(C)c1ccc(S(N)(=O)=O)cc1. The van der Waals surface area contributed by atoms with Crippen molar-refractivity contribution in [3.8, 4) is 0 Å². The molecule has 0 amide bonds. The van der Waals surface area contributed by atoms with Crippen molar-refractivity contribution in [1.82, 2.24) is 5.32 Å². The van der Waals surface area contributed by atoms with Crippen LogP contribution < -0.4 is 10.5 Å². The highest BCUT2D eigenvalue weighted by Gasteiger charge is 2.14. The van der Waals surface area contributed by atoms with E-state index in [0.717, 1.165) is 12.1 Å². The van der Waals surface area contributed by atoms with Crippen molar-refractivity contribution in [3.05, 3.63) is 29.8 Å². The lowest BCUT2D eigenvalue weighted by Gasteiger charge is -2.21. The lowest BCUT2D eigenvalue weighted by Crippen LogP contribution is -2.30. The minimum atomic E-state index is -3.59. The van der Waals surface area contributed by atoms with E-state index in [1.165, 1.54) is 0 Å². The van der Waals surface area contributed by atoms with E-state index in [-0.39, 0.29) is 4.90 Å². The van der Waals surface area contributed by atoms with E-state index in [1.807, 2.05) is 12.1 Å². The van der Waals surface area contributed by atoms with Gasteiger partial charge in [-0.1, -0.05) is 26.0 Å². The van der Waals surface area contributed by atoms with Gasteiger partial charge < -0.3 is 5.32 Å². The molecule has 5 heteroatoms. The van der Waals surface area contributed by atoms with Crippen LogP contribution in [0.1, 0.15) is 32.3 Å². The lowest BCUT2D eigenvalue weighted by molar-refractivity contribution is 0.495. The first-order valence-electron chi connectivity index (χ1n) is 5.72. The van der Waals surface area contributed by atoms with Crippen LogP contribution in [0.2, 0.25) is 0 Å². The Morgan fingerprint density at radius 1 is 1.24 bits per heavy atom.